The number of rotatable bonds is 8. The van der Waals surface area contributed by atoms with Crippen molar-refractivity contribution in [2.75, 3.05) is 12.4 Å². The summed E-state index contributed by atoms with van der Waals surface area (Å²) >= 11 is 0. The zero-order chi connectivity index (χ0) is 29.6. The number of anilines is 1. The second-order valence-electron chi connectivity index (χ2n) is 12.7. The van der Waals surface area contributed by atoms with Crippen LogP contribution in [0.3, 0.4) is 0 Å². The number of carbonyl (C=O) groups is 3. The SMILES string of the molecule is COc1ccc(CN2C(=O)[C@@H]3[C@H](C(=O)Nc4ccc(C(C)C)cc4)[C@@H]4C=C[C@@]3(O4)[C@@H]2C(=O)N[C@@H]2CCCC[C@H]2C)cc1. The van der Waals surface area contributed by atoms with E-state index < -0.39 is 29.6 Å². The van der Waals surface area contributed by atoms with E-state index in [0.29, 0.717) is 23.3 Å². The number of amides is 3. The summed E-state index contributed by atoms with van der Waals surface area (Å²) < 4.78 is 11.8. The van der Waals surface area contributed by atoms with E-state index in [1.807, 2.05) is 60.7 Å². The Hall–Kier alpha value is -3.65. The Morgan fingerprint density at radius 1 is 1.05 bits per heavy atom. The van der Waals surface area contributed by atoms with Crippen molar-refractivity contribution in [1.82, 2.24) is 10.2 Å². The van der Waals surface area contributed by atoms with Crippen molar-refractivity contribution in [3.63, 3.8) is 0 Å². The predicted octanol–water partition coefficient (Wildman–Crippen LogP) is 4.80. The lowest BCUT2D eigenvalue weighted by molar-refractivity contribution is -0.142. The van der Waals surface area contributed by atoms with E-state index >= 15 is 0 Å². The van der Waals surface area contributed by atoms with Crippen molar-refractivity contribution in [3.05, 3.63) is 71.8 Å². The van der Waals surface area contributed by atoms with E-state index in [9.17, 15) is 14.4 Å². The zero-order valence-electron chi connectivity index (χ0n) is 24.8. The Balaban J connectivity index is 1.30. The molecule has 8 heteroatoms. The Morgan fingerprint density at radius 3 is 2.43 bits per heavy atom. The van der Waals surface area contributed by atoms with Gasteiger partial charge >= 0.3 is 0 Å². The molecule has 6 rings (SSSR count). The van der Waals surface area contributed by atoms with Crippen LogP contribution in [0.2, 0.25) is 0 Å². The molecule has 1 saturated carbocycles. The molecule has 3 fully saturated rings. The average Bonchev–Trinajstić information content (AvgIpc) is 3.62. The predicted molar refractivity (Wildman–Crippen MR) is 160 cm³/mol. The third-order valence-electron chi connectivity index (χ3n) is 9.72. The van der Waals surface area contributed by atoms with Gasteiger partial charge in [0.1, 0.15) is 17.4 Å². The first-order chi connectivity index (χ1) is 20.2. The highest BCUT2D eigenvalue weighted by molar-refractivity contribution is 6.02. The van der Waals surface area contributed by atoms with Crippen LogP contribution in [-0.4, -0.2) is 53.5 Å². The second-order valence-corrected chi connectivity index (χ2v) is 12.7. The molecule has 7 atom stereocenters. The van der Waals surface area contributed by atoms with Crippen LogP contribution in [0.1, 0.15) is 63.5 Å². The molecule has 222 valence electrons. The fourth-order valence-electron chi connectivity index (χ4n) is 7.33. The number of nitrogens with one attached hydrogen (secondary N) is 2. The van der Waals surface area contributed by atoms with Gasteiger partial charge in [-0.1, -0.05) is 70.0 Å². The van der Waals surface area contributed by atoms with Gasteiger partial charge in [0.2, 0.25) is 17.7 Å². The van der Waals surface area contributed by atoms with Gasteiger partial charge in [-0.15, -0.1) is 0 Å². The Bertz CT molecular complexity index is 1370. The number of ether oxygens (including phenoxy) is 2. The minimum Gasteiger partial charge on any atom is -0.497 e. The topological polar surface area (TPSA) is 97.0 Å². The van der Waals surface area contributed by atoms with Crippen LogP contribution >= 0.6 is 0 Å². The standard InChI is InChI=1S/C34H41N3O5/c1-20(2)23-11-13-24(14-12-23)35-31(38)28-27-17-18-34(42-27)29(28)33(40)37(19-22-9-15-25(41-4)16-10-22)30(34)32(39)36-26-8-6-5-7-21(26)3/h9-18,20-21,26-30H,5-8,19H2,1-4H3,(H,35,38)(H,36,39)/t21-,26-,27+,28-,29+,30+,34+/m1/s1. The molecule has 0 radical (unpaired) electrons. The fraction of sp³-hybridized carbons (Fsp3) is 0.500. The molecule has 2 aromatic rings. The molecule has 2 saturated heterocycles. The van der Waals surface area contributed by atoms with E-state index in [-0.39, 0.29) is 30.3 Å². The fourth-order valence-corrected chi connectivity index (χ4v) is 7.33. The van der Waals surface area contributed by atoms with E-state index in [4.69, 9.17) is 9.47 Å². The number of benzene rings is 2. The summed E-state index contributed by atoms with van der Waals surface area (Å²) in [6, 6.07) is 14.4. The molecule has 0 aromatic heterocycles. The highest BCUT2D eigenvalue weighted by Crippen LogP contribution is 2.55. The molecule has 42 heavy (non-hydrogen) atoms. The van der Waals surface area contributed by atoms with Gasteiger partial charge in [0.05, 0.1) is 25.0 Å². The number of hydrogen-bond acceptors (Lipinski definition) is 5. The minimum atomic E-state index is -1.19. The van der Waals surface area contributed by atoms with Gasteiger partial charge in [-0.05, 0) is 60.1 Å². The van der Waals surface area contributed by atoms with Crippen LogP contribution < -0.4 is 15.4 Å². The maximum Gasteiger partial charge on any atom is 0.246 e. The average molecular weight is 572 g/mol. The van der Waals surface area contributed by atoms with E-state index in [1.54, 1.807) is 12.0 Å². The van der Waals surface area contributed by atoms with Crippen LogP contribution in [0.15, 0.2) is 60.7 Å². The third kappa shape index (κ3) is 4.89. The molecule has 0 unspecified atom stereocenters. The number of hydrogen-bond donors (Lipinski definition) is 2. The van der Waals surface area contributed by atoms with Crippen molar-refractivity contribution >= 4 is 23.4 Å². The van der Waals surface area contributed by atoms with Crippen molar-refractivity contribution in [2.45, 2.75) is 82.7 Å². The normalized spacial score (nSPS) is 31.4. The lowest BCUT2D eigenvalue weighted by Gasteiger charge is -2.36. The van der Waals surface area contributed by atoms with Gasteiger partial charge in [0.25, 0.3) is 0 Å². The molecule has 1 spiro atoms. The molecule has 2 aromatic carbocycles. The first-order valence-electron chi connectivity index (χ1n) is 15.2. The summed E-state index contributed by atoms with van der Waals surface area (Å²) in [5.41, 5.74) is 1.53. The number of likely N-dealkylation sites (tertiary alicyclic amines) is 1. The van der Waals surface area contributed by atoms with Gasteiger partial charge in [0, 0.05) is 18.3 Å². The smallest absolute Gasteiger partial charge is 0.246 e. The number of fused-ring (bicyclic) bond motifs is 1. The lowest BCUT2D eigenvalue weighted by Crippen LogP contribution is -2.57. The molecule has 3 aliphatic heterocycles. The third-order valence-corrected chi connectivity index (χ3v) is 9.72. The van der Waals surface area contributed by atoms with Crippen LogP contribution in [0, 0.1) is 17.8 Å². The molecule has 3 heterocycles. The van der Waals surface area contributed by atoms with Crippen molar-refractivity contribution in [3.8, 4) is 5.75 Å². The largest absolute Gasteiger partial charge is 0.497 e. The van der Waals surface area contributed by atoms with Crippen LogP contribution in [0.4, 0.5) is 5.69 Å². The molecule has 3 amide bonds. The van der Waals surface area contributed by atoms with Crippen LogP contribution in [0.5, 0.6) is 5.75 Å². The maximum atomic E-state index is 14.3. The monoisotopic (exact) mass is 571 g/mol. The van der Waals surface area contributed by atoms with E-state index in [2.05, 4.69) is 31.4 Å². The summed E-state index contributed by atoms with van der Waals surface area (Å²) in [6.45, 7) is 6.64. The van der Waals surface area contributed by atoms with E-state index in [1.165, 1.54) is 5.56 Å². The summed E-state index contributed by atoms with van der Waals surface area (Å²) in [6.07, 6.45) is 7.37. The van der Waals surface area contributed by atoms with Crippen molar-refractivity contribution in [2.24, 2.45) is 17.8 Å². The summed E-state index contributed by atoms with van der Waals surface area (Å²) in [7, 11) is 1.61. The summed E-state index contributed by atoms with van der Waals surface area (Å²) in [5, 5.41) is 6.31. The summed E-state index contributed by atoms with van der Waals surface area (Å²) in [5.74, 6) is -0.791. The van der Waals surface area contributed by atoms with Gasteiger partial charge in [-0.3, -0.25) is 14.4 Å². The highest BCUT2D eigenvalue weighted by Gasteiger charge is 2.72. The maximum absolute atomic E-state index is 14.3. The molecular weight excluding hydrogens is 530 g/mol. The molecule has 2 N–H and O–H groups in total. The number of carbonyl (C=O) groups excluding carboxylic acids is 3. The van der Waals surface area contributed by atoms with E-state index in [0.717, 1.165) is 31.2 Å². The first-order valence-corrected chi connectivity index (χ1v) is 15.2. The zero-order valence-corrected chi connectivity index (χ0v) is 24.8. The Morgan fingerprint density at radius 2 is 1.76 bits per heavy atom. The molecule has 8 nitrogen and oxygen atoms in total. The highest BCUT2D eigenvalue weighted by atomic mass is 16.5. The molecular formula is C34H41N3O5. The van der Waals surface area contributed by atoms with Gasteiger partial charge in [-0.25, -0.2) is 0 Å². The van der Waals surface area contributed by atoms with Gasteiger partial charge in [0.15, 0.2) is 0 Å². The molecule has 1 aliphatic carbocycles. The number of methoxy groups -OCH3 is 1. The van der Waals surface area contributed by atoms with Crippen molar-refractivity contribution in [1.29, 1.82) is 0 Å². The molecule has 2 bridgehead atoms. The van der Waals surface area contributed by atoms with Gasteiger partial charge < -0.3 is 25.0 Å². The quantitative estimate of drug-likeness (QED) is 0.444. The van der Waals surface area contributed by atoms with Crippen LogP contribution in [-0.2, 0) is 25.7 Å². The van der Waals surface area contributed by atoms with Crippen LogP contribution in [0.25, 0.3) is 0 Å². The lowest BCUT2D eigenvalue weighted by atomic mass is 9.74. The molecule has 4 aliphatic rings. The summed E-state index contributed by atoms with van der Waals surface area (Å²) in [4.78, 5) is 43.8. The second kappa shape index (κ2) is 11.2. The minimum absolute atomic E-state index is 0.0510. The number of nitrogens with zero attached hydrogens (tertiary/aromatic N) is 1. The van der Waals surface area contributed by atoms with Crippen molar-refractivity contribution < 1.29 is 23.9 Å². The van der Waals surface area contributed by atoms with Gasteiger partial charge in [-0.2, -0.15) is 0 Å². The first kappa shape index (κ1) is 28.5. The Labute approximate surface area is 247 Å². The Kier molecular flexibility index (Phi) is 7.60.